The van der Waals surface area contributed by atoms with Crippen LogP contribution in [0.4, 0.5) is 0 Å². The van der Waals surface area contributed by atoms with Crippen molar-refractivity contribution in [3.8, 4) is 0 Å². The van der Waals surface area contributed by atoms with Crippen molar-refractivity contribution >= 4 is 5.91 Å². The highest BCUT2D eigenvalue weighted by Gasteiger charge is 2.38. The molecule has 0 saturated carbocycles. The van der Waals surface area contributed by atoms with E-state index in [4.69, 9.17) is 5.11 Å². The van der Waals surface area contributed by atoms with Crippen LogP contribution >= 0.6 is 0 Å². The predicted octanol–water partition coefficient (Wildman–Crippen LogP) is -0.107. The van der Waals surface area contributed by atoms with Crippen LogP contribution in [0.2, 0.25) is 0 Å². The van der Waals surface area contributed by atoms with E-state index in [2.05, 4.69) is 5.32 Å². The van der Waals surface area contributed by atoms with Gasteiger partial charge in [-0.25, -0.2) is 0 Å². The first-order valence-electron chi connectivity index (χ1n) is 3.48. The van der Waals surface area contributed by atoms with Gasteiger partial charge < -0.3 is 10.4 Å². The van der Waals surface area contributed by atoms with Gasteiger partial charge >= 0.3 is 0 Å². The summed E-state index contributed by atoms with van der Waals surface area (Å²) in [4.78, 5) is 10.8. The minimum absolute atomic E-state index is 0.0454. The van der Waals surface area contributed by atoms with E-state index in [1.165, 1.54) is 0 Å². The fourth-order valence-corrected chi connectivity index (χ4v) is 1.28. The summed E-state index contributed by atoms with van der Waals surface area (Å²) in [6, 6.07) is 0. The molecular formula is C7H13NO2. The largest absolute Gasteiger partial charge is 0.396 e. The Labute approximate surface area is 60.4 Å². The van der Waals surface area contributed by atoms with Crippen molar-refractivity contribution < 1.29 is 9.90 Å². The van der Waals surface area contributed by atoms with Crippen molar-refractivity contribution in [1.82, 2.24) is 5.32 Å². The first-order valence-corrected chi connectivity index (χ1v) is 3.48. The average Bonchev–Trinajstić information content (AvgIpc) is 2.04. The molecule has 3 nitrogen and oxygen atoms in total. The number of hydrogen-bond donors (Lipinski definition) is 2. The summed E-state index contributed by atoms with van der Waals surface area (Å²) < 4.78 is 0. The number of rotatable bonds is 1. The van der Waals surface area contributed by atoms with Crippen molar-refractivity contribution in [1.29, 1.82) is 0 Å². The Bertz CT molecular complexity index is 154. The standard InChI is InChI=1S/C7H13NO2/c1-7(2)5(4-9)3-6(10)8-7/h5,9H,3-4H2,1-2H3,(H,8,10). The molecule has 1 fully saturated rings. The summed E-state index contributed by atoms with van der Waals surface area (Å²) in [5.74, 6) is 0.129. The van der Waals surface area contributed by atoms with Gasteiger partial charge in [0, 0.05) is 24.5 Å². The van der Waals surface area contributed by atoms with Gasteiger partial charge in [-0.2, -0.15) is 0 Å². The Morgan fingerprint density at radius 1 is 1.80 bits per heavy atom. The van der Waals surface area contributed by atoms with Gasteiger partial charge in [-0.1, -0.05) is 0 Å². The SMILES string of the molecule is CC1(C)NC(=O)CC1CO. The number of hydrogen-bond acceptors (Lipinski definition) is 2. The first-order chi connectivity index (χ1) is 4.56. The maximum absolute atomic E-state index is 10.8. The molecule has 3 heteroatoms. The Hall–Kier alpha value is -0.570. The van der Waals surface area contributed by atoms with E-state index in [0.717, 1.165) is 0 Å². The summed E-state index contributed by atoms with van der Waals surface area (Å²) in [6.45, 7) is 3.95. The molecule has 58 valence electrons. The lowest BCUT2D eigenvalue weighted by Crippen LogP contribution is -2.40. The normalized spacial score (nSPS) is 30.3. The van der Waals surface area contributed by atoms with Crippen LogP contribution in [0, 0.1) is 5.92 Å². The van der Waals surface area contributed by atoms with Gasteiger partial charge in [0.25, 0.3) is 0 Å². The molecule has 1 amide bonds. The fraction of sp³-hybridized carbons (Fsp3) is 0.857. The molecule has 0 aromatic heterocycles. The molecule has 0 bridgehead atoms. The quantitative estimate of drug-likeness (QED) is 0.538. The van der Waals surface area contributed by atoms with Gasteiger partial charge in [-0.3, -0.25) is 4.79 Å². The van der Waals surface area contributed by atoms with Crippen molar-refractivity contribution in [2.75, 3.05) is 6.61 Å². The Balaban J connectivity index is 2.67. The number of aliphatic hydroxyl groups excluding tert-OH is 1. The number of aliphatic hydroxyl groups is 1. The average molecular weight is 143 g/mol. The summed E-state index contributed by atoms with van der Waals surface area (Å²) in [5, 5.41) is 11.6. The molecule has 0 aromatic carbocycles. The van der Waals surface area contributed by atoms with E-state index < -0.39 is 0 Å². The van der Waals surface area contributed by atoms with E-state index in [-0.39, 0.29) is 24.0 Å². The Kier molecular flexibility index (Phi) is 1.68. The molecule has 2 N–H and O–H groups in total. The molecule has 0 radical (unpaired) electrons. The van der Waals surface area contributed by atoms with E-state index in [0.29, 0.717) is 6.42 Å². The molecule has 1 aliphatic heterocycles. The molecule has 1 aliphatic rings. The lowest BCUT2D eigenvalue weighted by Gasteiger charge is -2.24. The van der Waals surface area contributed by atoms with E-state index in [1.807, 2.05) is 13.8 Å². The summed E-state index contributed by atoms with van der Waals surface area (Å²) >= 11 is 0. The third-order valence-corrected chi connectivity index (χ3v) is 2.13. The van der Waals surface area contributed by atoms with Gasteiger partial charge in [0.2, 0.25) is 5.91 Å². The second-order valence-electron chi connectivity index (χ2n) is 3.35. The van der Waals surface area contributed by atoms with Crippen LogP contribution in [0.1, 0.15) is 20.3 Å². The second kappa shape index (κ2) is 2.23. The van der Waals surface area contributed by atoms with Crippen LogP contribution < -0.4 is 5.32 Å². The molecule has 1 rings (SSSR count). The van der Waals surface area contributed by atoms with Gasteiger partial charge in [0.15, 0.2) is 0 Å². The van der Waals surface area contributed by atoms with Crippen molar-refractivity contribution in [2.24, 2.45) is 5.92 Å². The zero-order chi connectivity index (χ0) is 7.78. The highest BCUT2D eigenvalue weighted by atomic mass is 16.3. The smallest absolute Gasteiger partial charge is 0.220 e. The molecule has 0 aromatic rings. The van der Waals surface area contributed by atoms with Crippen LogP contribution in [0.5, 0.6) is 0 Å². The van der Waals surface area contributed by atoms with Crippen LogP contribution in [0.15, 0.2) is 0 Å². The van der Waals surface area contributed by atoms with Crippen LogP contribution in [-0.2, 0) is 4.79 Å². The summed E-state index contributed by atoms with van der Waals surface area (Å²) in [6.07, 6.45) is 0.462. The van der Waals surface area contributed by atoms with Crippen LogP contribution in [0.3, 0.4) is 0 Å². The van der Waals surface area contributed by atoms with Crippen molar-refractivity contribution in [2.45, 2.75) is 25.8 Å². The molecule has 0 spiro atoms. The number of carbonyl (C=O) groups is 1. The highest BCUT2D eigenvalue weighted by molar-refractivity contribution is 5.79. The van der Waals surface area contributed by atoms with Gasteiger partial charge in [0.1, 0.15) is 0 Å². The highest BCUT2D eigenvalue weighted by Crippen LogP contribution is 2.25. The molecule has 0 aliphatic carbocycles. The summed E-state index contributed by atoms with van der Waals surface area (Å²) in [7, 11) is 0. The van der Waals surface area contributed by atoms with E-state index in [1.54, 1.807) is 0 Å². The van der Waals surface area contributed by atoms with Crippen molar-refractivity contribution in [3.05, 3.63) is 0 Å². The van der Waals surface area contributed by atoms with Crippen molar-refractivity contribution in [3.63, 3.8) is 0 Å². The zero-order valence-electron chi connectivity index (χ0n) is 6.35. The minimum Gasteiger partial charge on any atom is -0.396 e. The third kappa shape index (κ3) is 1.14. The monoisotopic (exact) mass is 143 g/mol. The van der Waals surface area contributed by atoms with Crippen LogP contribution in [0.25, 0.3) is 0 Å². The third-order valence-electron chi connectivity index (χ3n) is 2.13. The molecule has 1 heterocycles. The Morgan fingerprint density at radius 3 is 2.60 bits per heavy atom. The lowest BCUT2D eigenvalue weighted by molar-refractivity contribution is -0.119. The fourth-order valence-electron chi connectivity index (χ4n) is 1.28. The maximum atomic E-state index is 10.8. The molecular weight excluding hydrogens is 130 g/mol. The topological polar surface area (TPSA) is 49.3 Å². The van der Waals surface area contributed by atoms with E-state index in [9.17, 15) is 4.79 Å². The molecule has 1 saturated heterocycles. The lowest BCUT2D eigenvalue weighted by atomic mass is 9.90. The molecule has 10 heavy (non-hydrogen) atoms. The second-order valence-corrected chi connectivity index (χ2v) is 3.35. The van der Waals surface area contributed by atoms with Gasteiger partial charge in [0.05, 0.1) is 0 Å². The van der Waals surface area contributed by atoms with Gasteiger partial charge in [-0.05, 0) is 13.8 Å². The first kappa shape index (κ1) is 7.54. The Morgan fingerprint density at radius 2 is 2.40 bits per heavy atom. The van der Waals surface area contributed by atoms with Crippen LogP contribution in [-0.4, -0.2) is 23.2 Å². The van der Waals surface area contributed by atoms with E-state index >= 15 is 0 Å². The molecule has 1 unspecified atom stereocenters. The minimum atomic E-state index is -0.216. The maximum Gasteiger partial charge on any atom is 0.220 e. The predicted molar refractivity (Wildman–Crippen MR) is 37.4 cm³/mol. The molecule has 1 atom stereocenters. The number of amides is 1. The number of carbonyl (C=O) groups excluding carboxylic acids is 1. The number of nitrogens with one attached hydrogen (secondary N) is 1. The van der Waals surface area contributed by atoms with Gasteiger partial charge in [-0.15, -0.1) is 0 Å². The zero-order valence-corrected chi connectivity index (χ0v) is 6.35. The summed E-state index contributed by atoms with van der Waals surface area (Å²) in [5.41, 5.74) is -0.216.